The number of nitrogens with zero attached hydrogens (tertiary/aromatic N) is 1. The topological polar surface area (TPSA) is 65.1 Å². The lowest BCUT2D eigenvalue weighted by atomic mass is 10.1. The van der Waals surface area contributed by atoms with Gasteiger partial charge in [0.05, 0.1) is 6.04 Å². The van der Waals surface area contributed by atoms with Gasteiger partial charge in [-0.05, 0) is 33.3 Å². The quantitative estimate of drug-likeness (QED) is 0.750. The zero-order valence-corrected chi connectivity index (χ0v) is 14.8. The largest absolute Gasteiger partial charge is 0.443 e. The number of rotatable bonds is 5. The molecule has 0 aromatic heterocycles. The maximum Gasteiger partial charge on any atom is 0.440 e. The second kappa shape index (κ2) is 7.27. The molecule has 22 heavy (non-hydrogen) atoms. The molecule has 0 unspecified atom stereocenters. The van der Waals surface area contributed by atoms with Crippen molar-refractivity contribution in [2.45, 2.75) is 39.3 Å². The Morgan fingerprint density at radius 1 is 1.14 bits per heavy atom. The maximum atomic E-state index is 12.8. The number of carbonyl (C=O) groups excluding carboxylic acids is 1. The van der Waals surface area contributed by atoms with Gasteiger partial charge in [-0.3, -0.25) is 9.05 Å². The summed E-state index contributed by atoms with van der Waals surface area (Å²) in [5.41, 5.74) is 0.0700. The van der Waals surface area contributed by atoms with Crippen molar-refractivity contribution in [2.24, 2.45) is 0 Å². The first kappa shape index (κ1) is 18.7. The molecule has 0 radical (unpaired) electrons. The lowest BCUT2D eigenvalue weighted by molar-refractivity contribution is 0.0278. The third-order valence-electron chi connectivity index (χ3n) is 2.95. The molecule has 0 aliphatic rings. The highest BCUT2D eigenvalue weighted by Gasteiger charge is 2.42. The average Bonchev–Trinajstić information content (AvgIpc) is 2.46. The second-order valence-electron chi connectivity index (χ2n) is 5.75. The van der Waals surface area contributed by atoms with E-state index in [1.807, 2.05) is 30.3 Å². The summed E-state index contributed by atoms with van der Waals surface area (Å²) >= 11 is 0. The molecule has 0 saturated heterocycles. The average molecular weight is 329 g/mol. The van der Waals surface area contributed by atoms with E-state index in [4.69, 9.17) is 13.8 Å². The van der Waals surface area contributed by atoms with Crippen molar-refractivity contribution in [1.29, 1.82) is 0 Å². The number of hydrogen-bond donors (Lipinski definition) is 0. The van der Waals surface area contributed by atoms with Crippen LogP contribution >= 0.6 is 7.75 Å². The van der Waals surface area contributed by atoms with E-state index in [-0.39, 0.29) is 0 Å². The fourth-order valence-corrected chi connectivity index (χ4v) is 3.20. The molecule has 1 amide bonds. The van der Waals surface area contributed by atoms with Crippen LogP contribution in [0.1, 0.15) is 39.3 Å². The summed E-state index contributed by atoms with van der Waals surface area (Å²) in [4.78, 5) is 12.5. The molecular formula is C15H24NO5P. The Morgan fingerprint density at radius 2 is 1.64 bits per heavy atom. The van der Waals surface area contributed by atoms with Crippen molar-refractivity contribution in [1.82, 2.24) is 4.67 Å². The van der Waals surface area contributed by atoms with Gasteiger partial charge in [-0.25, -0.2) is 14.0 Å². The molecule has 0 heterocycles. The van der Waals surface area contributed by atoms with Crippen LogP contribution in [-0.2, 0) is 18.3 Å². The van der Waals surface area contributed by atoms with Crippen molar-refractivity contribution in [3.05, 3.63) is 35.9 Å². The summed E-state index contributed by atoms with van der Waals surface area (Å²) < 4.78 is 29.1. The molecule has 0 N–H and O–H groups in total. The van der Waals surface area contributed by atoms with Gasteiger partial charge in [-0.2, -0.15) is 0 Å². The fourth-order valence-electron chi connectivity index (χ4n) is 1.90. The molecule has 7 heteroatoms. The Morgan fingerprint density at radius 3 is 2.05 bits per heavy atom. The molecule has 1 rings (SSSR count). The highest BCUT2D eigenvalue weighted by atomic mass is 31.2. The van der Waals surface area contributed by atoms with Gasteiger partial charge in [0.15, 0.2) is 0 Å². The lowest BCUT2D eigenvalue weighted by Gasteiger charge is -2.34. The van der Waals surface area contributed by atoms with Crippen LogP contribution in [0, 0.1) is 0 Å². The van der Waals surface area contributed by atoms with Gasteiger partial charge in [0.1, 0.15) is 5.60 Å². The number of carbonyl (C=O) groups is 1. The fraction of sp³-hybridized carbons (Fsp3) is 0.533. The molecule has 1 atom stereocenters. The zero-order valence-electron chi connectivity index (χ0n) is 13.9. The molecule has 124 valence electrons. The van der Waals surface area contributed by atoms with Gasteiger partial charge in [0.25, 0.3) is 0 Å². The third-order valence-corrected chi connectivity index (χ3v) is 4.92. The Bertz CT molecular complexity index is 533. The minimum Gasteiger partial charge on any atom is -0.443 e. The Hall–Kier alpha value is -1.36. The molecule has 0 spiro atoms. The van der Waals surface area contributed by atoms with E-state index in [2.05, 4.69) is 0 Å². The van der Waals surface area contributed by atoms with Crippen LogP contribution in [-0.4, -0.2) is 30.6 Å². The molecule has 0 saturated carbocycles. The zero-order chi connectivity index (χ0) is 17.0. The van der Waals surface area contributed by atoms with Gasteiger partial charge in [0.2, 0.25) is 0 Å². The minimum atomic E-state index is -3.80. The Labute approximate surface area is 131 Å². The van der Waals surface area contributed by atoms with Crippen LogP contribution in [0.2, 0.25) is 0 Å². The second-order valence-corrected chi connectivity index (χ2v) is 7.84. The van der Waals surface area contributed by atoms with E-state index >= 15 is 0 Å². The number of amides is 1. The smallest absolute Gasteiger partial charge is 0.440 e. The third kappa shape index (κ3) is 4.57. The lowest BCUT2D eigenvalue weighted by Crippen LogP contribution is -2.37. The molecule has 1 aromatic carbocycles. The minimum absolute atomic E-state index is 0.540. The molecule has 0 aliphatic carbocycles. The molecular weight excluding hydrogens is 305 g/mol. The van der Waals surface area contributed by atoms with Crippen LogP contribution in [0.3, 0.4) is 0 Å². The van der Waals surface area contributed by atoms with Crippen LogP contribution in [0.15, 0.2) is 30.3 Å². The van der Waals surface area contributed by atoms with Gasteiger partial charge >= 0.3 is 13.8 Å². The van der Waals surface area contributed by atoms with Crippen LogP contribution in [0.5, 0.6) is 0 Å². The normalized spacial score (nSPS) is 13.5. The summed E-state index contributed by atoms with van der Waals surface area (Å²) in [6.07, 6.45) is -0.754. The first-order valence-electron chi connectivity index (χ1n) is 6.94. The highest BCUT2D eigenvalue weighted by Crippen LogP contribution is 2.55. The van der Waals surface area contributed by atoms with Gasteiger partial charge in [-0.1, -0.05) is 30.3 Å². The van der Waals surface area contributed by atoms with Crippen molar-refractivity contribution >= 4 is 13.8 Å². The van der Waals surface area contributed by atoms with E-state index in [9.17, 15) is 9.36 Å². The van der Waals surface area contributed by atoms with Crippen LogP contribution in [0.4, 0.5) is 4.79 Å². The maximum absolute atomic E-state index is 12.8. The van der Waals surface area contributed by atoms with E-state index in [1.165, 1.54) is 14.2 Å². The highest BCUT2D eigenvalue weighted by molar-refractivity contribution is 7.52. The number of benzene rings is 1. The summed E-state index contributed by atoms with van der Waals surface area (Å²) in [5, 5.41) is 0. The van der Waals surface area contributed by atoms with Crippen molar-refractivity contribution in [3.63, 3.8) is 0 Å². The number of ether oxygens (including phenoxy) is 1. The number of hydrogen-bond acceptors (Lipinski definition) is 5. The van der Waals surface area contributed by atoms with Crippen molar-refractivity contribution < 1.29 is 23.1 Å². The van der Waals surface area contributed by atoms with Crippen molar-refractivity contribution in [3.8, 4) is 0 Å². The Kier molecular flexibility index (Phi) is 6.17. The first-order chi connectivity index (χ1) is 10.1. The monoisotopic (exact) mass is 329 g/mol. The first-order valence-corrected chi connectivity index (χ1v) is 8.43. The standard InChI is InChI=1S/C15H24NO5P/c1-12(13-10-8-7-9-11-13)16(22(18,19-5)20-6)14(17)21-15(2,3)4/h7-12H,1-6H3/t12-/m0/s1. The van der Waals surface area contributed by atoms with E-state index < -0.39 is 25.5 Å². The van der Waals surface area contributed by atoms with Gasteiger partial charge < -0.3 is 4.74 Å². The molecule has 6 nitrogen and oxygen atoms in total. The molecule has 0 aliphatic heterocycles. The van der Waals surface area contributed by atoms with Crippen LogP contribution in [0.25, 0.3) is 0 Å². The predicted molar refractivity (Wildman–Crippen MR) is 84.6 cm³/mol. The summed E-state index contributed by atoms with van der Waals surface area (Å²) in [5.74, 6) is 0. The Balaban J connectivity index is 3.23. The van der Waals surface area contributed by atoms with Gasteiger partial charge in [-0.15, -0.1) is 0 Å². The molecule has 0 fully saturated rings. The summed E-state index contributed by atoms with van der Waals surface area (Å²) in [7, 11) is -1.33. The molecule has 1 aromatic rings. The summed E-state index contributed by atoms with van der Waals surface area (Å²) in [6.45, 7) is 6.95. The van der Waals surface area contributed by atoms with E-state index in [1.54, 1.807) is 27.7 Å². The SMILES string of the molecule is COP(=O)(OC)N(C(=O)OC(C)(C)C)[C@@H](C)c1ccccc1. The van der Waals surface area contributed by atoms with E-state index in [0.717, 1.165) is 10.2 Å². The van der Waals surface area contributed by atoms with Gasteiger partial charge in [0, 0.05) is 14.2 Å². The van der Waals surface area contributed by atoms with Crippen LogP contribution < -0.4 is 0 Å². The van der Waals surface area contributed by atoms with Crippen molar-refractivity contribution in [2.75, 3.05) is 14.2 Å². The molecule has 0 bridgehead atoms. The summed E-state index contributed by atoms with van der Waals surface area (Å²) in [6, 6.07) is 8.66. The van der Waals surface area contributed by atoms with E-state index in [0.29, 0.717) is 0 Å². The predicted octanol–water partition coefficient (Wildman–Crippen LogP) is 4.39.